The number of anilines is 1. The number of H-pyrrole nitrogens is 1. The van der Waals surface area contributed by atoms with E-state index in [1.54, 1.807) is 48.5 Å². The monoisotopic (exact) mass is 367 g/mol. The molecule has 0 aliphatic carbocycles. The van der Waals surface area contributed by atoms with Gasteiger partial charge in [0.05, 0.1) is 0 Å². The van der Waals surface area contributed by atoms with Crippen LogP contribution < -0.4 is 10.9 Å². The number of nitrogens with one attached hydrogen (secondary N) is 2. The van der Waals surface area contributed by atoms with Crippen LogP contribution in [0, 0.1) is 0 Å². The van der Waals surface area contributed by atoms with Crippen molar-refractivity contribution in [3.8, 4) is 11.4 Å². The SMILES string of the molecule is CC(=O)c1ccc(NC(=O)c2cnc(-c3ccc(Cl)cc3)[nH]c2=O)cc1. The highest BCUT2D eigenvalue weighted by Gasteiger charge is 2.13. The molecule has 3 aromatic rings. The molecule has 26 heavy (non-hydrogen) atoms. The number of aromatic nitrogens is 2. The molecular formula is C19H14ClN3O3. The zero-order valence-corrected chi connectivity index (χ0v) is 14.5. The molecule has 0 radical (unpaired) electrons. The van der Waals surface area contributed by atoms with Crippen LogP contribution in [-0.4, -0.2) is 21.7 Å². The number of aromatic amines is 1. The number of Topliss-reactive ketones (excluding diaryl/α,β-unsaturated/α-hetero) is 1. The first-order valence-corrected chi connectivity index (χ1v) is 8.09. The van der Waals surface area contributed by atoms with Crippen molar-refractivity contribution < 1.29 is 9.59 Å². The third-order valence-corrected chi connectivity index (χ3v) is 3.96. The maximum Gasteiger partial charge on any atom is 0.264 e. The van der Waals surface area contributed by atoms with Crippen LogP contribution >= 0.6 is 11.6 Å². The van der Waals surface area contributed by atoms with Gasteiger partial charge in [0.15, 0.2) is 5.78 Å². The van der Waals surface area contributed by atoms with Crippen molar-refractivity contribution in [2.75, 3.05) is 5.32 Å². The minimum Gasteiger partial charge on any atom is -0.322 e. The van der Waals surface area contributed by atoms with Crippen molar-refractivity contribution in [1.29, 1.82) is 0 Å². The Hall–Kier alpha value is -3.25. The van der Waals surface area contributed by atoms with Crippen molar-refractivity contribution in [2.24, 2.45) is 0 Å². The van der Waals surface area contributed by atoms with Crippen LogP contribution in [0.1, 0.15) is 27.6 Å². The molecule has 0 bridgehead atoms. The van der Waals surface area contributed by atoms with Crippen LogP contribution in [0.3, 0.4) is 0 Å². The molecule has 0 aliphatic rings. The van der Waals surface area contributed by atoms with Crippen LogP contribution in [0.25, 0.3) is 11.4 Å². The molecule has 0 saturated heterocycles. The molecule has 0 spiro atoms. The topological polar surface area (TPSA) is 91.9 Å². The lowest BCUT2D eigenvalue weighted by Gasteiger charge is -2.06. The molecule has 1 amide bonds. The zero-order valence-electron chi connectivity index (χ0n) is 13.7. The number of carbonyl (C=O) groups is 2. The highest BCUT2D eigenvalue weighted by atomic mass is 35.5. The highest BCUT2D eigenvalue weighted by molar-refractivity contribution is 6.30. The van der Waals surface area contributed by atoms with Crippen LogP contribution in [0.4, 0.5) is 5.69 Å². The van der Waals surface area contributed by atoms with E-state index in [1.165, 1.54) is 13.1 Å². The maximum atomic E-state index is 12.3. The predicted molar refractivity (Wildman–Crippen MR) is 99.7 cm³/mol. The molecule has 0 atom stereocenters. The molecule has 6 nitrogen and oxygen atoms in total. The van der Waals surface area contributed by atoms with Gasteiger partial charge in [0.2, 0.25) is 0 Å². The van der Waals surface area contributed by atoms with Crippen molar-refractivity contribution in [2.45, 2.75) is 6.92 Å². The van der Waals surface area contributed by atoms with E-state index in [2.05, 4.69) is 15.3 Å². The summed E-state index contributed by atoms with van der Waals surface area (Å²) in [7, 11) is 0. The number of amides is 1. The molecule has 1 aromatic heterocycles. The summed E-state index contributed by atoms with van der Waals surface area (Å²) >= 11 is 5.84. The summed E-state index contributed by atoms with van der Waals surface area (Å²) in [5, 5.41) is 3.18. The number of hydrogen-bond donors (Lipinski definition) is 2. The van der Waals surface area contributed by atoms with Gasteiger partial charge in [0.1, 0.15) is 11.4 Å². The van der Waals surface area contributed by atoms with E-state index in [4.69, 9.17) is 11.6 Å². The van der Waals surface area contributed by atoms with Crippen molar-refractivity contribution in [3.05, 3.63) is 81.2 Å². The lowest BCUT2D eigenvalue weighted by molar-refractivity contribution is 0.101. The molecule has 7 heteroatoms. The summed E-state index contributed by atoms with van der Waals surface area (Å²) in [6.45, 7) is 1.46. The quantitative estimate of drug-likeness (QED) is 0.690. The Balaban J connectivity index is 1.80. The van der Waals surface area contributed by atoms with E-state index >= 15 is 0 Å². The van der Waals surface area contributed by atoms with E-state index in [9.17, 15) is 14.4 Å². The normalized spacial score (nSPS) is 10.4. The first-order chi connectivity index (χ1) is 12.4. The van der Waals surface area contributed by atoms with Crippen LogP contribution in [0.2, 0.25) is 5.02 Å². The number of ketones is 1. The van der Waals surface area contributed by atoms with Crippen molar-refractivity contribution in [1.82, 2.24) is 9.97 Å². The van der Waals surface area contributed by atoms with Gasteiger partial charge in [-0.2, -0.15) is 0 Å². The Morgan fingerprint density at radius 2 is 1.69 bits per heavy atom. The Morgan fingerprint density at radius 3 is 2.27 bits per heavy atom. The summed E-state index contributed by atoms with van der Waals surface area (Å²) in [5.74, 6) is -0.313. The van der Waals surface area contributed by atoms with E-state index in [1.807, 2.05) is 0 Å². The van der Waals surface area contributed by atoms with Gasteiger partial charge in [-0.3, -0.25) is 14.4 Å². The van der Waals surface area contributed by atoms with Crippen molar-refractivity contribution in [3.63, 3.8) is 0 Å². The summed E-state index contributed by atoms with van der Waals surface area (Å²) in [6.07, 6.45) is 1.22. The second-order valence-electron chi connectivity index (χ2n) is 5.57. The number of carbonyl (C=O) groups excluding carboxylic acids is 2. The Morgan fingerprint density at radius 1 is 1.04 bits per heavy atom. The Bertz CT molecular complexity index is 1030. The zero-order chi connectivity index (χ0) is 18.7. The number of benzene rings is 2. The predicted octanol–water partition coefficient (Wildman–Crippen LogP) is 3.55. The fraction of sp³-hybridized carbons (Fsp3) is 0.0526. The molecule has 130 valence electrons. The number of hydrogen-bond acceptors (Lipinski definition) is 4. The summed E-state index contributed by atoms with van der Waals surface area (Å²) < 4.78 is 0. The third kappa shape index (κ3) is 3.87. The first-order valence-electron chi connectivity index (χ1n) is 7.71. The van der Waals surface area contributed by atoms with Gasteiger partial charge in [-0.05, 0) is 55.5 Å². The smallest absolute Gasteiger partial charge is 0.264 e. The molecule has 0 saturated carbocycles. The molecule has 2 aromatic carbocycles. The maximum absolute atomic E-state index is 12.3. The average molecular weight is 368 g/mol. The van der Waals surface area contributed by atoms with Gasteiger partial charge in [-0.25, -0.2) is 4.98 Å². The molecule has 3 rings (SSSR count). The van der Waals surface area contributed by atoms with Crippen molar-refractivity contribution >= 4 is 29.0 Å². The summed E-state index contributed by atoms with van der Waals surface area (Å²) in [5.41, 5.74) is 1.02. The van der Waals surface area contributed by atoms with Gasteiger partial charge >= 0.3 is 0 Å². The standard InChI is InChI=1S/C19H14ClN3O3/c1-11(24)12-4-8-15(9-5-12)22-18(25)16-10-21-17(23-19(16)26)13-2-6-14(20)7-3-13/h2-10H,1H3,(H,22,25)(H,21,23,26). The molecule has 0 aliphatic heterocycles. The summed E-state index contributed by atoms with van der Waals surface area (Å²) in [4.78, 5) is 42.5. The van der Waals surface area contributed by atoms with E-state index in [0.717, 1.165) is 0 Å². The Labute approximate surface area is 153 Å². The molecular weight excluding hydrogens is 354 g/mol. The van der Waals surface area contributed by atoms with E-state index < -0.39 is 11.5 Å². The fourth-order valence-corrected chi connectivity index (χ4v) is 2.42. The molecule has 0 unspecified atom stereocenters. The molecule has 2 N–H and O–H groups in total. The van der Waals surface area contributed by atoms with Gasteiger partial charge in [0.25, 0.3) is 11.5 Å². The van der Waals surface area contributed by atoms with E-state index in [-0.39, 0.29) is 11.3 Å². The van der Waals surface area contributed by atoms with Gasteiger partial charge in [-0.15, -0.1) is 0 Å². The third-order valence-electron chi connectivity index (χ3n) is 3.71. The lowest BCUT2D eigenvalue weighted by atomic mass is 10.1. The van der Waals surface area contributed by atoms with Gasteiger partial charge in [0, 0.05) is 28.0 Å². The highest BCUT2D eigenvalue weighted by Crippen LogP contribution is 2.17. The van der Waals surface area contributed by atoms with Crippen LogP contribution in [0.5, 0.6) is 0 Å². The average Bonchev–Trinajstić information content (AvgIpc) is 2.62. The van der Waals surface area contributed by atoms with Crippen LogP contribution in [0.15, 0.2) is 59.5 Å². The van der Waals surface area contributed by atoms with Gasteiger partial charge in [-0.1, -0.05) is 11.6 Å². The number of rotatable bonds is 4. The second kappa shape index (κ2) is 7.33. The summed E-state index contributed by atoms with van der Waals surface area (Å²) in [6, 6.07) is 13.2. The second-order valence-corrected chi connectivity index (χ2v) is 6.01. The largest absolute Gasteiger partial charge is 0.322 e. The fourth-order valence-electron chi connectivity index (χ4n) is 2.30. The minimum atomic E-state index is -0.586. The number of halogens is 1. The lowest BCUT2D eigenvalue weighted by Crippen LogP contribution is -2.24. The van der Waals surface area contributed by atoms with Crippen LogP contribution in [-0.2, 0) is 0 Å². The number of nitrogens with zero attached hydrogens (tertiary/aromatic N) is 1. The minimum absolute atomic E-state index is 0.0682. The molecule has 1 heterocycles. The first kappa shape index (κ1) is 17.6. The Kier molecular flexibility index (Phi) is 4.95. The van der Waals surface area contributed by atoms with E-state index in [0.29, 0.717) is 27.7 Å². The van der Waals surface area contributed by atoms with Gasteiger partial charge < -0.3 is 10.3 Å². The molecule has 0 fully saturated rings.